The first-order valence-electron chi connectivity index (χ1n) is 5.64. The van der Waals surface area contributed by atoms with E-state index >= 15 is 0 Å². The molecule has 2 nitrogen and oxygen atoms in total. The predicted molar refractivity (Wildman–Crippen MR) is 53.5 cm³/mol. The van der Waals surface area contributed by atoms with Crippen LogP contribution in [0.2, 0.25) is 0 Å². The molecule has 2 N–H and O–H groups in total. The number of rotatable bonds is 4. The quantitative estimate of drug-likeness (QED) is 0.690. The summed E-state index contributed by atoms with van der Waals surface area (Å²) in [6, 6.07) is 0. The van der Waals surface area contributed by atoms with E-state index in [0.29, 0.717) is 0 Å². The van der Waals surface area contributed by atoms with Gasteiger partial charge in [-0.1, -0.05) is 6.42 Å². The SMILES string of the molecule is C[C@@H](O)CNCC1CC2CCC1C2. The molecule has 3 unspecified atom stereocenters. The van der Waals surface area contributed by atoms with Gasteiger partial charge >= 0.3 is 0 Å². The van der Waals surface area contributed by atoms with Crippen molar-refractivity contribution in [3.05, 3.63) is 0 Å². The summed E-state index contributed by atoms with van der Waals surface area (Å²) in [5.41, 5.74) is 0. The van der Waals surface area contributed by atoms with Crippen molar-refractivity contribution in [2.24, 2.45) is 17.8 Å². The Morgan fingerprint density at radius 2 is 2.23 bits per heavy atom. The third-order valence-corrected chi connectivity index (χ3v) is 3.73. The van der Waals surface area contributed by atoms with Crippen LogP contribution in [0.5, 0.6) is 0 Å². The minimum absolute atomic E-state index is 0.196. The maximum absolute atomic E-state index is 9.10. The molecule has 0 aromatic heterocycles. The molecule has 0 radical (unpaired) electrons. The van der Waals surface area contributed by atoms with Gasteiger partial charge in [0, 0.05) is 6.54 Å². The van der Waals surface area contributed by atoms with E-state index in [1.165, 1.54) is 25.7 Å². The molecule has 0 amide bonds. The summed E-state index contributed by atoms with van der Waals surface area (Å²) in [4.78, 5) is 0. The van der Waals surface area contributed by atoms with E-state index in [1.54, 1.807) is 0 Å². The fourth-order valence-electron chi connectivity index (χ4n) is 3.10. The van der Waals surface area contributed by atoms with Crippen LogP contribution < -0.4 is 5.32 Å². The fraction of sp³-hybridized carbons (Fsp3) is 1.00. The van der Waals surface area contributed by atoms with Crippen molar-refractivity contribution >= 4 is 0 Å². The van der Waals surface area contributed by atoms with Crippen LogP contribution >= 0.6 is 0 Å². The van der Waals surface area contributed by atoms with E-state index in [2.05, 4.69) is 5.32 Å². The second kappa shape index (κ2) is 3.97. The first kappa shape index (κ1) is 9.47. The summed E-state index contributed by atoms with van der Waals surface area (Å²) in [5.74, 6) is 2.97. The normalized spacial score (nSPS) is 39.7. The lowest BCUT2D eigenvalue weighted by Gasteiger charge is -2.22. The molecular formula is C11H21NO. The van der Waals surface area contributed by atoms with Crippen molar-refractivity contribution in [1.29, 1.82) is 0 Å². The maximum Gasteiger partial charge on any atom is 0.0636 e. The van der Waals surface area contributed by atoms with E-state index < -0.39 is 0 Å². The van der Waals surface area contributed by atoms with Crippen LogP contribution in [0.3, 0.4) is 0 Å². The standard InChI is InChI=1S/C11H21NO/c1-8(13)6-12-7-11-5-9-2-3-10(11)4-9/h8-13H,2-7H2,1H3/t8-,9?,10?,11?/m1/s1. The summed E-state index contributed by atoms with van der Waals surface area (Å²) in [5, 5.41) is 12.5. The highest BCUT2D eigenvalue weighted by atomic mass is 16.3. The number of nitrogens with one attached hydrogen (secondary N) is 1. The van der Waals surface area contributed by atoms with Crippen LogP contribution in [0.4, 0.5) is 0 Å². The average Bonchev–Trinajstić information content (AvgIpc) is 2.64. The number of aliphatic hydroxyl groups is 1. The summed E-state index contributed by atoms with van der Waals surface area (Å²) >= 11 is 0. The second-order valence-corrected chi connectivity index (χ2v) is 4.94. The van der Waals surface area contributed by atoms with Crippen molar-refractivity contribution in [3.63, 3.8) is 0 Å². The minimum atomic E-state index is -0.196. The molecular weight excluding hydrogens is 162 g/mol. The highest BCUT2D eigenvalue weighted by Crippen LogP contribution is 2.47. The summed E-state index contributed by atoms with van der Waals surface area (Å²) < 4.78 is 0. The van der Waals surface area contributed by atoms with Crippen molar-refractivity contribution in [2.45, 2.75) is 38.7 Å². The average molecular weight is 183 g/mol. The fourth-order valence-corrected chi connectivity index (χ4v) is 3.10. The molecule has 13 heavy (non-hydrogen) atoms. The molecule has 2 rings (SSSR count). The zero-order valence-electron chi connectivity index (χ0n) is 8.50. The Hall–Kier alpha value is -0.0800. The molecule has 2 heteroatoms. The molecule has 0 aliphatic heterocycles. The van der Waals surface area contributed by atoms with Crippen LogP contribution in [-0.4, -0.2) is 24.3 Å². The van der Waals surface area contributed by atoms with Crippen molar-refractivity contribution < 1.29 is 5.11 Å². The number of hydrogen-bond donors (Lipinski definition) is 2. The Morgan fingerprint density at radius 1 is 1.38 bits per heavy atom. The Labute approximate surface area is 80.7 Å². The Balaban J connectivity index is 1.66. The molecule has 2 saturated carbocycles. The largest absolute Gasteiger partial charge is 0.392 e. The van der Waals surface area contributed by atoms with Crippen LogP contribution in [0.1, 0.15) is 32.6 Å². The molecule has 0 spiro atoms. The zero-order chi connectivity index (χ0) is 9.26. The predicted octanol–water partition coefficient (Wildman–Crippen LogP) is 1.39. The van der Waals surface area contributed by atoms with Gasteiger partial charge in [-0.05, 0) is 50.5 Å². The van der Waals surface area contributed by atoms with Crippen LogP contribution in [0.15, 0.2) is 0 Å². The molecule has 0 aromatic rings. The zero-order valence-corrected chi connectivity index (χ0v) is 8.50. The molecule has 2 bridgehead atoms. The molecule has 76 valence electrons. The summed E-state index contributed by atoms with van der Waals surface area (Å²) in [6.07, 6.45) is 5.68. The monoisotopic (exact) mass is 183 g/mol. The maximum atomic E-state index is 9.10. The summed E-state index contributed by atoms with van der Waals surface area (Å²) in [7, 11) is 0. The molecule has 2 aliphatic rings. The highest BCUT2D eigenvalue weighted by Gasteiger charge is 2.38. The van der Waals surface area contributed by atoms with E-state index in [9.17, 15) is 0 Å². The van der Waals surface area contributed by atoms with E-state index in [1.807, 2.05) is 6.92 Å². The van der Waals surface area contributed by atoms with Gasteiger partial charge in [-0.3, -0.25) is 0 Å². The lowest BCUT2D eigenvalue weighted by atomic mass is 9.89. The van der Waals surface area contributed by atoms with Gasteiger partial charge in [0.1, 0.15) is 0 Å². The summed E-state index contributed by atoms with van der Waals surface area (Å²) in [6.45, 7) is 3.73. The van der Waals surface area contributed by atoms with Crippen molar-refractivity contribution in [3.8, 4) is 0 Å². The molecule has 0 saturated heterocycles. The highest BCUT2D eigenvalue weighted by molar-refractivity contribution is 4.90. The smallest absolute Gasteiger partial charge is 0.0636 e. The number of hydrogen-bond acceptors (Lipinski definition) is 2. The molecule has 2 fully saturated rings. The van der Waals surface area contributed by atoms with Gasteiger partial charge in [0.15, 0.2) is 0 Å². The number of fused-ring (bicyclic) bond motifs is 2. The van der Waals surface area contributed by atoms with Gasteiger partial charge < -0.3 is 10.4 Å². The third-order valence-electron chi connectivity index (χ3n) is 3.73. The van der Waals surface area contributed by atoms with E-state index in [4.69, 9.17) is 5.11 Å². The minimum Gasteiger partial charge on any atom is -0.392 e. The second-order valence-electron chi connectivity index (χ2n) is 4.94. The van der Waals surface area contributed by atoms with Crippen LogP contribution in [0, 0.1) is 17.8 Å². The van der Waals surface area contributed by atoms with E-state index in [0.717, 1.165) is 30.8 Å². The molecule has 2 aliphatic carbocycles. The van der Waals surface area contributed by atoms with Gasteiger partial charge in [-0.2, -0.15) is 0 Å². The van der Waals surface area contributed by atoms with Gasteiger partial charge in [0.05, 0.1) is 6.10 Å². The lowest BCUT2D eigenvalue weighted by molar-refractivity contribution is 0.185. The van der Waals surface area contributed by atoms with Gasteiger partial charge in [-0.25, -0.2) is 0 Å². The first-order chi connectivity index (χ1) is 6.25. The van der Waals surface area contributed by atoms with E-state index in [-0.39, 0.29) is 6.10 Å². The van der Waals surface area contributed by atoms with Gasteiger partial charge in [0.25, 0.3) is 0 Å². The Kier molecular flexibility index (Phi) is 2.89. The first-order valence-corrected chi connectivity index (χ1v) is 5.64. The van der Waals surface area contributed by atoms with Crippen LogP contribution in [-0.2, 0) is 0 Å². The Morgan fingerprint density at radius 3 is 2.77 bits per heavy atom. The van der Waals surface area contributed by atoms with Gasteiger partial charge in [0.2, 0.25) is 0 Å². The topological polar surface area (TPSA) is 32.3 Å². The van der Waals surface area contributed by atoms with Gasteiger partial charge in [-0.15, -0.1) is 0 Å². The van der Waals surface area contributed by atoms with Crippen LogP contribution in [0.25, 0.3) is 0 Å². The number of aliphatic hydroxyl groups excluding tert-OH is 1. The van der Waals surface area contributed by atoms with Crippen molar-refractivity contribution in [1.82, 2.24) is 5.32 Å². The molecule has 0 aromatic carbocycles. The molecule has 0 heterocycles. The Bertz CT molecular complexity index is 169. The molecule has 4 atom stereocenters. The third kappa shape index (κ3) is 2.23. The lowest BCUT2D eigenvalue weighted by Crippen LogP contribution is -2.31. The van der Waals surface area contributed by atoms with Crippen molar-refractivity contribution in [2.75, 3.05) is 13.1 Å².